The van der Waals surface area contributed by atoms with E-state index in [-0.39, 0.29) is 23.6 Å². The van der Waals surface area contributed by atoms with E-state index in [4.69, 9.17) is 4.74 Å². The monoisotopic (exact) mass is 425 g/mol. The smallest absolute Gasteiger partial charge is 0.204 e. The van der Waals surface area contributed by atoms with Crippen molar-refractivity contribution in [2.24, 2.45) is 0 Å². The number of hydrogen-bond acceptors (Lipinski definition) is 4. The Kier molecular flexibility index (Phi) is 5.62. The molecule has 0 atom stereocenters. The van der Waals surface area contributed by atoms with E-state index >= 15 is 0 Å². The Morgan fingerprint density at radius 3 is 1.65 bits per heavy atom. The molecule has 3 aromatic heterocycles. The van der Waals surface area contributed by atoms with Gasteiger partial charge in [-0.3, -0.25) is 9.97 Å². The Morgan fingerprint density at radius 1 is 0.710 bits per heavy atom. The molecule has 0 saturated heterocycles. The van der Waals surface area contributed by atoms with Crippen molar-refractivity contribution in [1.82, 2.24) is 15.0 Å². The summed E-state index contributed by atoms with van der Waals surface area (Å²) in [5.41, 5.74) is 0.352. The van der Waals surface area contributed by atoms with Crippen molar-refractivity contribution >= 4 is 0 Å². The highest BCUT2D eigenvalue weighted by Gasteiger charge is 2.28. The number of nitrogens with zero attached hydrogens (tertiary/aromatic N) is 3. The van der Waals surface area contributed by atoms with Crippen molar-refractivity contribution in [3.05, 3.63) is 84.2 Å². The van der Waals surface area contributed by atoms with Gasteiger partial charge in [-0.15, -0.1) is 0 Å². The van der Waals surface area contributed by atoms with E-state index in [1.807, 2.05) is 0 Å². The van der Waals surface area contributed by atoms with Crippen molar-refractivity contribution in [1.29, 1.82) is 0 Å². The van der Waals surface area contributed by atoms with Crippen LogP contribution < -0.4 is 4.74 Å². The molecule has 1 aromatic carbocycles. The Hall–Kier alpha value is -3.81. The van der Waals surface area contributed by atoms with E-state index in [2.05, 4.69) is 15.0 Å². The fourth-order valence-corrected chi connectivity index (χ4v) is 3.10. The zero-order valence-corrected chi connectivity index (χ0v) is 16.2. The second kappa shape index (κ2) is 8.51. The van der Waals surface area contributed by atoms with Gasteiger partial charge in [-0.2, -0.15) is 8.78 Å². The van der Waals surface area contributed by atoms with Crippen molar-refractivity contribution < 1.29 is 22.3 Å². The van der Waals surface area contributed by atoms with Crippen LogP contribution in [0.25, 0.3) is 33.9 Å². The van der Waals surface area contributed by atoms with Gasteiger partial charge in [0.2, 0.25) is 11.6 Å². The first kappa shape index (κ1) is 20.5. The Morgan fingerprint density at radius 2 is 1.23 bits per heavy atom. The highest BCUT2D eigenvalue weighted by molar-refractivity contribution is 5.76. The van der Waals surface area contributed by atoms with Crippen LogP contribution in [-0.2, 0) is 0 Å². The molecule has 0 fully saturated rings. The van der Waals surface area contributed by atoms with E-state index in [0.717, 1.165) is 0 Å². The largest absolute Gasteiger partial charge is 0.488 e. The van der Waals surface area contributed by atoms with E-state index in [0.29, 0.717) is 11.4 Å². The SMILES string of the molecule is CCOc1c(F)c(F)c(-c2cc(-c3ccccn3)nc(-c3ccccn3)c2)c(F)c1F. The summed E-state index contributed by atoms with van der Waals surface area (Å²) in [7, 11) is 0. The maximum atomic E-state index is 14.9. The number of halogens is 4. The summed E-state index contributed by atoms with van der Waals surface area (Å²) in [6.07, 6.45) is 3.06. The second-order valence-corrected chi connectivity index (χ2v) is 6.45. The lowest BCUT2D eigenvalue weighted by molar-refractivity contribution is 0.287. The molecule has 0 unspecified atom stereocenters. The van der Waals surface area contributed by atoms with Crippen LogP contribution in [0.2, 0.25) is 0 Å². The summed E-state index contributed by atoms with van der Waals surface area (Å²) < 4.78 is 63.4. The summed E-state index contributed by atoms with van der Waals surface area (Å²) in [6, 6.07) is 12.8. The zero-order chi connectivity index (χ0) is 22.0. The fourth-order valence-electron chi connectivity index (χ4n) is 3.10. The summed E-state index contributed by atoms with van der Waals surface area (Å²) in [5.74, 6) is -7.43. The first-order valence-corrected chi connectivity index (χ1v) is 9.35. The van der Waals surface area contributed by atoms with E-state index < -0.39 is 34.6 Å². The molecule has 8 heteroatoms. The number of hydrogen-bond donors (Lipinski definition) is 0. The molecule has 4 aromatic rings. The van der Waals surface area contributed by atoms with Crippen molar-refractivity contribution in [2.45, 2.75) is 6.92 Å². The van der Waals surface area contributed by atoms with Crippen LogP contribution in [0.4, 0.5) is 17.6 Å². The summed E-state index contributed by atoms with van der Waals surface area (Å²) in [6.45, 7) is 1.29. The van der Waals surface area contributed by atoms with Gasteiger partial charge in [0.1, 0.15) is 0 Å². The molecule has 4 nitrogen and oxygen atoms in total. The normalized spacial score (nSPS) is 10.9. The third-order valence-corrected chi connectivity index (χ3v) is 4.48. The molecular weight excluding hydrogens is 410 g/mol. The van der Waals surface area contributed by atoms with Crippen molar-refractivity contribution in [3.8, 4) is 39.7 Å². The minimum Gasteiger partial charge on any atom is -0.488 e. The third-order valence-electron chi connectivity index (χ3n) is 4.48. The van der Waals surface area contributed by atoms with Gasteiger partial charge in [0.15, 0.2) is 17.4 Å². The predicted octanol–water partition coefficient (Wildman–Crippen LogP) is 5.83. The van der Waals surface area contributed by atoms with Crippen LogP contribution in [-0.4, -0.2) is 21.6 Å². The maximum Gasteiger partial charge on any atom is 0.204 e. The Bertz CT molecular complexity index is 1150. The summed E-state index contributed by atoms with van der Waals surface area (Å²) >= 11 is 0. The molecule has 0 aliphatic heterocycles. The van der Waals surface area contributed by atoms with Gasteiger partial charge in [-0.05, 0) is 48.9 Å². The molecule has 156 valence electrons. The van der Waals surface area contributed by atoms with Crippen LogP contribution in [0.3, 0.4) is 0 Å². The molecule has 0 aliphatic carbocycles. The topological polar surface area (TPSA) is 47.9 Å². The fraction of sp³-hybridized carbons (Fsp3) is 0.0870. The quantitative estimate of drug-likeness (QED) is 0.298. The molecule has 0 saturated carbocycles. The van der Waals surface area contributed by atoms with Crippen molar-refractivity contribution in [2.75, 3.05) is 6.61 Å². The molecule has 0 spiro atoms. The molecule has 0 bridgehead atoms. The number of pyridine rings is 3. The first-order chi connectivity index (χ1) is 15.0. The van der Waals surface area contributed by atoms with Crippen LogP contribution >= 0.6 is 0 Å². The predicted molar refractivity (Wildman–Crippen MR) is 107 cm³/mol. The molecule has 0 radical (unpaired) electrons. The minimum absolute atomic E-state index is 0.118. The molecule has 4 rings (SSSR count). The van der Waals surface area contributed by atoms with Gasteiger partial charge in [-0.25, -0.2) is 13.8 Å². The Balaban J connectivity index is 1.99. The van der Waals surface area contributed by atoms with E-state index in [1.54, 1.807) is 36.4 Å². The van der Waals surface area contributed by atoms with Gasteiger partial charge in [-0.1, -0.05) is 12.1 Å². The van der Waals surface area contributed by atoms with Crippen LogP contribution in [0.1, 0.15) is 6.92 Å². The maximum absolute atomic E-state index is 14.9. The van der Waals surface area contributed by atoms with Gasteiger partial charge < -0.3 is 4.74 Å². The standard InChI is InChI=1S/C23H15F4N3O/c1-2-31-23-21(26)19(24)18(20(25)22(23)27)13-11-16(14-7-3-5-9-28-14)30-17(12-13)15-8-4-6-10-29-15/h3-12H,2H2,1H3. The second-order valence-electron chi connectivity index (χ2n) is 6.45. The van der Waals surface area contributed by atoms with Crippen LogP contribution in [0.15, 0.2) is 60.9 Å². The molecule has 31 heavy (non-hydrogen) atoms. The first-order valence-electron chi connectivity index (χ1n) is 9.35. The van der Waals surface area contributed by atoms with Gasteiger partial charge in [0.25, 0.3) is 0 Å². The van der Waals surface area contributed by atoms with Crippen LogP contribution in [0, 0.1) is 23.3 Å². The van der Waals surface area contributed by atoms with Gasteiger partial charge >= 0.3 is 0 Å². The van der Waals surface area contributed by atoms with Gasteiger partial charge in [0, 0.05) is 12.4 Å². The minimum atomic E-state index is -1.61. The van der Waals surface area contributed by atoms with Crippen molar-refractivity contribution in [3.63, 3.8) is 0 Å². The third kappa shape index (κ3) is 3.84. The van der Waals surface area contributed by atoms with E-state index in [1.165, 1.54) is 31.5 Å². The number of rotatable bonds is 5. The molecular formula is C23H15F4N3O. The average Bonchev–Trinajstić information content (AvgIpc) is 2.82. The zero-order valence-electron chi connectivity index (χ0n) is 16.2. The number of benzene rings is 1. The molecule has 3 heterocycles. The number of ether oxygens (including phenoxy) is 1. The number of aromatic nitrogens is 3. The average molecular weight is 425 g/mol. The summed E-state index contributed by atoms with van der Waals surface area (Å²) in [5, 5.41) is 0. The molecule has 0 N–H and O–H groups in total. The van der Waals surface area contributed by atoms with Crippen LogP contribution in [0.5, 0.6) is 5.75 Å². The highest BCUT2D eigenvalue weighted by Crippen LogP contribution is 2.38. The van der Waals surface area contributed by atoms with Gasteiger partial charge in [0.05, 0.1) is 34.9 Å². The highest BCUT2D eigenvalue weighted by atomic mass is 19.2. The molecule has 0 amide bonds. The lowest BCUT2D eigenvalue weighted by Crippen LogP contribution is -2.06. The lowest BCUT2D eigenvalue weighted by Gasteiger charge is -2.14. The summed E-state index contributed by atoms with van der Waals surface area (Å²) in [4.78, 5) is 12.9. The Labute approximate surface area is 175 Å². The van der Waals surface area contributed by atoms with E-state index in [9.17, 15) is 17.6 Å². The molecule has 0 aliphatic rings. The lowest BCUT2D eigenvalue weighted by atomic mass is 10.0.